The van der Waals surface area contributed by atoms with Crippen LogP contribution in [0.5, 0.6) is 0 Å². The number of amides is 1. The molecule has 3 aromatic heterocycles. The van der Waals surface area contributed by atoms with Crippen LogP contribution in [-0.4, -0.2) is 46.3 Å². The molecule has 3 rings (SSSR count). The second-order valence-corrected chi connectivity index (χ2v) is 6.79. The van der Waals surface area contributed by atoms with Crippen molar-refractivity contribution in [3.8, 4) is 0 Å². The summed E-state index contributed by atoms with van der Waals surface area (Å²) in [6.45, 7) is 9.70. The van der Waals surface area contributed by atoms with E-state index in [0.717, 1.165) is 17.1 Å². The highest BCUT2D eigenvalue weighted by atomic mass is 16.4. The lowest BCUT2D eigenvalue weighted by molar-refractivity contribution is -0.119. The van der Waals surface area contributed by atoms with Crippen molar-refractivity contribution in [2.24, 2.45) is 0 Å². The van der Waals surface area contributed by atoms with Crippen LogP contribution in [0.15, 0.2) is 18.5 Å². The Labute approximate surface area is 161 Å². The fourth-order valence-corrected chi connectivity index (χ4v) is 2.97. The lowest BCUT2D eigenvalue weighted by atomic mass is 10.2. The summed E-state index contributed by atoms with van der Waals surface area (Å²) >= 11 is 0. The average molecular weight is 385 g/mol. The predicted molar refractivity (Wildman–Crippen MR) is 101 cm³/mol. The fraction of sp³-hybridized carbons (Fsp3) is 0.389. The Kier molecular flexibility index (Phi) is 5.04. The molecule has 0 aliphatic heterocycles. The molecule has 0 aliphatic carbocycles. The molecule has 28 heavy (non-hydrogen) atoms. The van der Waals surface area contributed by atoms with Gasteiger partial charge in [-0.25, -0.2) is 14.2 Å². The number of carbonyl (C=O) groups excluding carboxylic acids is 1. The fourth-order valence-electron chi connectivity index (χ4n) is 2.97. The van der Waals surface area contributed by atoms with Crippen LogP contribution in [0.2, 0.25) is 0 Å². The van der Waals surface area contributed by atoms with E-state index in [1.165, 1.54) is 17.1 Å². The number of hydrogen-bond acceptors (Lipinski definition) is 5. The third-order valence-corrected chi connectivity index (χ3v) is 4.63. The van der Waals surface area contributed by atoms with Gasteiger partial charge in [0.15, 0.2) is 0 Å². The maximum Gasteiger partial charge on any atom is 0.338 e. The average Bonchev–Trinajstić information content (AvgIpc) is 3.30. The van der Waals surface area contributed by atoms with Crippen LogP contribution in [0, 0.1) is 27.7 Å². The monoisotopic (exact) mass is 385 g/mol. The molecule has 0 bridgehead atoms. The largest absolute Gasteiger partial charge is 0.478 e. The summed E-state index contributed by atoms with van der Waals surface area (Å²) in [5, 5.41) is 24.8. The highest BCUT2D eigenvalue weighted by Gasteiger charge is 2.21. The van der Waals surface area contributed by atoms with Crippen molar-refractivity contribution in [1.82, 2.24) is 29.3 Å². The molecule has 0 radical (unpaired) electrons. The zero-order chi connectivity index (χ0) is 20.6. The smallest absolute Gasteiger partial charge is 0.338 e. The number of nitrogens with zero attached hydrogens (tertiary/aromatic N) is 6. The molecule has 1 unspecified atom stereocenters. The van der Waals surface area contributed by atoms with Crippen LogP contribution in [-0.2, 0) is 11.5 Å². The summed E-state index contributed by atoms with van der Waals surface area (Å²) in [5.74, 6) is -1.40. The summed E-state index contributed by atoms with van der Waals surface area (Å²) in [5.41, 5.74) is 4.11. The number of aryl methyl sites for hydroxylation is 3. The number of aromatic nitrogens is 6. The Morgan fingerprint density at radius 3 is 2.46 bits per heavy atom. The maximum absolute atomic E-state index is 12.6. The quantitative estimate of drug-likeness (QED) is 0.669. The Morgan fingerprint density at radius 2 is 1.89 bits per heavy atom. The number of carboxylic acids is 1. The standard InChI is InChI=1S/C18H23N7O3/c1-10-6-11(2)24(21-10)9-25-13(4)16(12(3)22-25)20-17(26)14(5)23-8-15(7-19-23)18(27)28/h6-8,14H,9H2,1-5H3,(H,20,26)(H,27,28). The summed E-state index contributed by atoms with van der Waals surface area (Å²) in [6, 6.07) is 1.32. The molecule has 3 heterocycles. The summed E-state index contributed by atoms with van der Waals surface area (Å²) in [4.78, 5) is 23.6. The number of anilines is 1. The van der Waals surface area contributed by atoms with Gasteiger partial charge in [0.2, 0.25) is 5.91 Å². The minimum absolute atomic E-state index is 0.0321. The van der Waals surface area contributed by atoms with Gasteiger partial charge in [-0.2, -0.15) is 15.3 Å². The molecule has 1 amide bonds. The first-order chi connectivity index (χ1) is 13.2. The van der Waals surface area contributed by atoms with E-state index in [-0.39, 0.29) is 11.5 Å². The zero-order valence-corrected chi connectivity index (χ0v) is 16.5. The highest BCUT2D eigenvalue weighted by molar-refractivity contribution is 5.94. The minimum atomic E-state index is -1.09. The SMILES string of the molecule is Cc1cc(C)n(Cn2nc(C)c(NC(=O)C(C)n3cc(C(=O)O)cn3)c2C)n1. The maximum atomic E-state index is 12.6. The molecule has 0 spiro atoms. The second kappa shape index (κ2) is 7.29. The van der Waals surface area contributed by atoms with Gasteiger partial charge in [0.1, 0.15) is 12.7 Å². The van der Waals surface area contributed by atoms with Gasteiger partial charge in [-0.1, -0.05) is 0 Å². The van der Waals surface area contributed by atoms with Crippen molar-refractivity contribution < 1.29 is 14.7 Å². The van der Waals surface area contributed by atoms with E-state index in [4.69, 9.17) is 5.11 Å². The van der Waals surface area contributed by atoms with Gasteiger partial charge in [0, 0.05) is 11.9 Å². The Morgan fingerprint density at radius 1 is 1.18 bits per heavy atom. The number of nitrogens with one attached hydrogen (secondary N) is 1. The van der Waals surface area contributed by atoms with Gasteiger partial charge in [-0.15, -0.1) is 0 Å². The minimum Gasteiger partial charge on any atom is -0.478 e. The van der Waals surface area contributed by atoms with Crippen LogP contribution in [0.3, 0.4) is 0 Å². The van der Waals surface area contributed by atoms with E-state index < -0.39 is 12.0 Å². The molecule has 0 saturated carbocycles. The lowest BCUT2D eigenvalue weighted by Crippen LogP contribution is -2.24. The topological polar surface area (TPSA) is 120 Å². The molecule has 0 aromatic carbocycles. The molecule has 0 saturated heterocycles. The van der Waals surface area contributed by atoms with Crippen LogP contribution < -0.4 is 5.32 Å². The van der Waals surface area contributed by atoms with Gasteiger partial charge < -0.3 is 10.4 Å². The molecule has 148 valence electrons. The van der Waals surface area contributed by atoms with E-state index in [1.54, 1.807) is 11.6 Å². The summed E-state index contributed by atoms with van der Waals surface area (Å²) in [7, 11) is 0. The van der Waals surface area contributed by atoms with E-state index >= 15 is 0 Å². The van der Waals surface area contributed by atoms with Crippen molar-refractivity contribution in [3.05, 3.63) is 46.8 Å². The van der Waals surface area contributed by atoms with Gasteiger partial charge in [0.25, 0.3) is 0 Å². The van der Waals surface area contributed by atoms with Crippen molar-refractivity contribution in [2.45, 2.75) is 47.3 Å². The molecule has 10 heteroatoms. The molecule has 0 fully saturated rings. The van der Waals surface area contributed by atoms with Crippen LogP contribution in [0.4, 0.5) is 5.69 Å². The van der Waals surface area contributed by atoms with Gasteiger partial charge >= 0.3 is 5.97 Å². The Hall–Kier alpha value is -3.43. The number of hydrogen-bond donors (Lipinski definition) is 2. The van der Waals surface area contributed by atoms with E-state index in [1.807, 2.05) is 38.4 Å². The van der Waals surface area contributed by atoms with E-state index in [9.17, 15) is 9.59 Å². The number of carboxylic acid groups (broad SMARTS) is 1. The van der Waals surface area contributed by atoms with Crippen molar-refractivity contribution in [3.63, 3.8) is 0 Å². The number of aromatic carboxylic acids is 1. The first-order valence-corrected chi connectivity index (χ1v) is 8.80. The predicted octanol–water partition coefficient (Wildman–Crippen LogP) is 1.91. The normalized spacial score (nSPS) is 12.2. The molecule has 3 aromatic rings. The van der Waals surface area contributed by atoms with Crippen LogP contribution in [0.1, 0.15) is 46.1 Å². The van der Waals surface area contributed by atoms with Gasteiger partial charge in [0.05, 0.1) is 34.5 Å². The third kappa shape index (κ3) is 3.66. The zero-order valence-electron chi connectivity index (χ0n) is 16.5. The van der Waals surface area contributed by atoms with Crippen molar-refractivity contribution in [1.29, 1.82) is 0 Å². The third-order valence-electron chi connectivity index (χ3n) is 4.63. The van der Waals surface area contributed by atoms with Crippen LogP contribution >= 0.6 is 0 Å². The molecule has 0 aliphatic rings. The molecular formula is C18H23N7O3. The second-order valence-electron chi connectivity index (χ2n) is 6.79. The highest BCUT2D eigenvalue weighted by Crippen LogP contribution is 2.21. The molecule has 10 nitrogen and oxygen atoms in total. The molecule has 2 N–H and O–H groups in total. The Balaban J connectivity index is 1.78. The summed E-state index contributed by atoms with van der Waals surface area (Å²) < 4.78 is 4.95. The van der Waals surface area contributed by atoms with Crippen LogP contribution in [0.25, 0.3) is 0 Å². The molecular weight excluding hydrogens is 362 g/mol. The van der Waals surface area contributed by atoms with Gasteiger partial charge in [-0.3, -0.25) is 9.48 Å². The van der Waals surface area contributed by atoms with E-state index in [2.05, 4.69) is 20.6 Å². The van der Waals surface area contributed by atoms with Crippen molar-refractivity contribution in [2.75, 3.05) is 5.32 Å². The summed E-state index contributed by atoms with van der Waals surface area (Å²) in [6.07, 6.45) is 2.55. The van der Waals surface area contributed by atoms with Gasteiger partial charge in [-0.05, 0) is 40.7 Å². The number of rotatable bonds is 6. The Bertz CT molecular complexity index is 1040. The number of carbonyl (C=O) groups is 2. The lowest BCUT2D eigenvalue weighted by Gasteiger charge is -2.13. The first kappa shape index (κ1) is 19.3. The first-order valence-electron chi connectivity index (χ1n) is 8.80. The van der Waals surface area contributed by atoms with Crippen molar-refractivity contribution >= 4 is 17.6 Å². The van der Waals surface area contributed by atoms with E-state index in [0.29, 0.717) is 18.1 Å². The molecule has 1 atom stereocenters.